The summed E-state index contributed by atoms with van der Waals surface area (Å²) < 4.78 is 16.9. The molecule has 0 aliphatic carbocycles. The van der Waals surface area contributed by atoms with Crippen LogP contribution in [-0.4, -0.2) is 5.75 Å². The molecule has 3 rings (SSSR count). The third kappa shape index (κ3) is 3.33. The van der Waals surface area contributed by atoms with Crippen LogP contribution in [0.3, 0.4) is 0 Å². The Morgan fingerprint density at radius 1 is 1.14 bits per heavy atom. The second kappa shape index (κ2) is 6.60. The maximum atomic E-state index is 13.9. The fraction of sp³-hybridized carbons (Fsp3) is 0.200. The van der Waals surface area contributed by atoms with Gasteiger partial charge in [-0.3, -0.25) is 0 Å². The van der Waals surface area contributed by atoms with Crippen LogP contribution in [0.2, 0.25) is 0 Å². The van der Waals surface area contributed by atoms with Gasteiger partial charge in [0.25, 0.3) is 0 Å². The molecular weight excluding hydrogens is 485 g/mol. The van der Waals surface area contributed by atoms with Gasteiger partial charge in [-0.05, 0) is 62.0 Å². The van der Waals surface area contributed by atoms with Crippen LogP contribution in [0, 0.1) is 5.82 Å². The van der Waals surface area contributed by atoms with Crippen molar-refractivity contribution in [2.45, 2.75) is 17.4 Å². The lowest BCUT2D eigenvalue weighted by atomic mass is 10.0. The summed E-state index contributed by atoms with van der Waals surface area (Å²) in [6.07, 6.45) is 0.968. The highest BCUT2D eigenvalue weighted by Gasteiger charge is 2.24. The van der Waals surface area contributed by atoms with E-state index in [0.717, 1.165) is 41.7 Å². The number of thioether (sulfide) groups is 1. The molecule has 0 aromatic heterocycles. The fourth-order valence-electron chi connectivity index (χ4n) is 2.39. The highest BCUT2D eigenvalue weighted by Crippen LogP contribution is 2.42. The largest absolute Gasteiger partial charge is 0.376 e. The Labute approximate surface area is 152 Å². The van der Waals surface area contributed by atoms with E-state index in [0.29, 0.717) is 0 Å². The van der Waals surface area contributed by atoms with Crippen LogP contribution in [0.4, 0.5) is 10.1 Å². The zero-order chi connectivity index (χ0) is 15.0. The second-order valence-electron chi connectivity index (χ2n) is 4.74. The second-order valence-corrected chi connectivity index (χ2v) is 8.47. The molecule has 0 spiro atoms. The molecule has 0 fully saturated rings. The number of rotatable bonds is 2. The number of hydrogen-bond donors (Lipinski definition) is 1. The van der Waals surface area contributed by atoms with Crippen molar-refractivity contribution in [3.63, 3.8) is 0 Å². The van der Waals surface area contributed by atoms with Crippen LogP contribution in [0.1, 0.15) is 18.0 Å². The van der Waals surface area contributed by atoms with Gasteiger partial charge in [0.15, 0.2) is 0 Å². The highest BCUT2D eigenvalue weighted by atomic mass is 79.9. The lowest BCUT2D eigenvalue weighted by Gasteiger charge is -2.28. The Bertz CT molecular complexity index is 670. The van der Waals surface area contributed by atoms with Gasteiger partial charge in [0.05, 0.1) is 11.7 Å². The van der Waals surface area contributed by atoms with E-state index >= 15 is 0 Å². The Balaban J connectivity index is 1.96. The predicted molar refractivity (Wildman–Crippen MR) is 97.6 cm³/mol. The zero-order valence-electron chi connectivity index (χ0n) is 10.8. The molecule has 0 radical (unpaired) electrons. The average Bonchev–Trinajstić information content (AvgIpc) is 2.43. The maximum Gasteiger partial charge on any atom is 0.137 e. The van der Waals surface area contributed by atoms with Crippen molar-refractivity contribution in [2.24, 2.45) is 0 Å². The number of benzene rings is 2. The molecule has 1 unspecified atom stereocenters. The Kier molecular flexibility index (Phi) is 4.98. The van der Waals surface area contributed by atoms with Gasteiger partial charge in [-0.15, -0.1) is 11.8 Å². The molecule has 0 saturated carbocycles. The highest BCUT2D eigenvalue weighted by molar-refractivity contribution is 9.11. The summed E-state index contributed by atoms with van der Waals surface area (Å²) in [5.74, 6) is 0.787. The first kappa shape index (κ1) is 15.8. The summed E-state index contributed by atoms with van der Waals surface area (Å²) in [6.45, 7) is 0. The van der Waals surface area contributed by atoms with Crippen LogP contribution in [-0.2, 0) is 0 Å². The molecular formula is C15H11Br3FNS. The van der Waals surface area contributed by atoms with Crippen LogP contribution < -0.4 is 5.32 Å². The first-order valence-corrected chi connectivity index (χ1v) is 9.75. The SMILES string of the molecule is Fc1cccc2c1SCCC2Nc1c(Br)cc(Br)cc1Br. The van der Waals surface area contributed by atoms with E-state index in [9.17, 15) is 4.39 Å². The topological polar surface area (TPSA) is 12.0 Å². The molecule has 0 saturated heterocycles. The monoisotopic (exact) mass is 493 g/mol. The summed E-state index contributed by atoms with van der Waals surface area (Å²) >= 11 is 12.2. The van der Waals surface area contributed by atoms with E-state index in [1.807, 2.05) is 18.2 Å². The van der Waals surface area contributed by atoms with Crippen molar-refractivity contribution in [3.05, 3.63) is 55.1 Å². The molecule has 21 heavy (non-hydrogen) atoms. The van der Waals surface area contributed by atoms with Gasteiger partial charge >= 0.3 is 0 Å². The molecule has 6 heteroatoms. The van der Waals surface area contributed by atoms with Crippen molar-refractivity contribution < 1.29 is 4.39 Å². The molecule has 0 bridgehead atoms. The number of fused-ring (bicyclic) bond motifs is 1. The summed E-state index contributed by atoms with van der Waals surface area (Å²) in [6, 6.07) is 9.42. The van der Waals surface area contributed by atoms with E-state index in [2.05, 4.69) is 53.1 Å². The van der Waals surface area contributed by atoms with E-state index in [4.69, 9.17) is 0 Å². The number of halogens is 4. The minimum absolute atomic E-state index is 0.116. The molecule has 1 aliphatic rings. The van der Waals surface area contributed by atoms with Crippen molar-refractivity contribution >= 4 is 65.2 Å². The Morgan fingerprint density at radius 3 is 2.57 bits per heavy atom. The van der Waals surface area contributed by atoms with Gasteiger partial charge < -0.3 is 5.32 Å². The summed E-state index contributed by atoms with van der Waals surface area (Å²) in [4.78, 5) is 0.769. The number of anilines is 1. The number of nitrogens with one attached hydrogen (secondary N) is 1. The van der Waals surface area contributed by atoms with Crippen LogP contribution >= 0.6 is 59.6 Å². The van der Waals surface area contributed by atoms with Gasteiger partial charge in [-0.1, -0.05) is 28.1 Å². The Morgan fingerprint density at radius 2 is 1.86 bits per heavy atom. The summed E-state index contributed by atoms with van der Waals surface area (Å²) in [5, 5.41) is 3.53. The maximum absolute atomic E-state index is 13.9. The number of hydrogen-bond acceptors (Lipinski definition) is 2. The van der Waals surface area contributed by atoms with Gasteiger partial charge in [0.1, 0.15) is 5.82 Å². The molecule has 1 nitrogen and oxygen atoms in total. The Hall–Kier alpha value is -0.0400. The third-order valence-electron chi connectivity index (χ3n) is 3.35. The molecule has 1 atom stereocenters. The molecule has 0 amide bonds. The van der Waals surface area contributed by atoms with Gasteiger partial charge in [-0.25, -0.2) is 4.39 Å². The average molecular weight is 496 g/mol. The molecule has 1 heterocycles. The third-order valence-corrected chi connectivity index (χ3v) is 6.22. The zero-order valence-corrected chi connectivity index (χ0v) is 16.4. The van der Waals surface area contributed by atoms with Gasteiger partial charge in [0, 0.05) is 24.1 Å². The van der Waals surface area contributed by atoms with Crippen LogP contribution in [0.5, 0.6) is 0 Å². The standard InChI is InChI=1S/C15H11Br3FNS/c16-8-6-10(17)14(11(18)7-8)20-13-4-5-21-15-9(13)2-1-3-12(15)19/h1-3,6-7,13,20H,4-5H2. The molecule has 2 aromatic carbocycles. The first-order valence-electron chi connectivity index (χ1n) is 6.38. The quantitative estimate of drug-likeness (QED) is 0.494. The molecule has 1 N–H and O–H groups in total. The van der Waals surface area contributed by atoms with E-state index in [-0.39, 0.29) is 11.9 Å². The molecule has 1 aliphatic heterocycles. The predicted octanol–water partition coefficient (Wildman–Crippen LogP) is 6.76. The van der Waals surface area contributed by atoms with Gasteiger partial charge in [0.2, 0.25) is 0 Å². The smallest absolute Gasteiger partial charge is 0.137 e. The summed E-state index contributed by atoms with van der Waals surface area (Å²) in [5.41, 5.74) is 2.03. The summed E-state index contributed by atoms with van der Waals surface area (Å²) in [7, 11) is 0. The minimum atomic E-state index is -0.127. The van der Waals surface area contributed by atoms with Crippen LogP contribution in [0.15, 0.2) is 48.6 Å². The van der Waals surface area contributed by atoms with E-state index < -0.39 is 0 Å². The lowest BCUT2D eigenvalue weighted by molar-refractivity contribution is 0.585. The minimum Gasteiger partial charge on any atom is -0.376 e. The van der Waals surface area contributed by atoms with Crippen molar-refractivity contribution in [3.8, 4) is 0 Å². The first-order chi connectivity index (χ1) is 10.1. The van der Waals surface area contributed by atoms with E-state index in [1.165, 1.54) is 6.07 Å². The van der Waals surface area contributed by atoms with Gasteiger partial charge in [-0.2, -0.15) is 0 Å². The van der Waals surface area contributed by atoms with Crippen molar-refractivity contribution in [1.29, 1.82) is 0 Å². The fourth-order valence-corrected chi connectivity index (χ4v) is 6.02. The van der Waals surface area contributed by atoms with Crippen molar-refractivity contribution in [1.82, 2.24) is 0 Å². The van der Waals surface area contributed by atoms with E-state index in [1.54, 1.807) is 17.8 Å². The normalized spacial score (nSPS) is 17.4. The lowest BCUT2D eigenvalue weighted by Crippen LogP contribution is -2.17. The van der Waals surface area contributed by atoms with Crippen molar-refractivity contribution in [2.75, 3.05) is 11.1 Å². The molecule has 110 valence electrons. The molecule has 2 aromatic rings. The van der Waals surface area contributed by atoms with Crippen LogP contribution in [0.25, 0.3) is 0 Å².